The van der Waals surface area contributed by atoms with Crippen LogP contribution in [-0.4, -0.2) is 36.6 Å². The first-order valence-corrected chi connectivity index (χ1v) is 7.74. The fourth-order valence-corrected chi connectivity index (χ4v) is 3.27. The van der Waals surface area contributed by atoms with Crippen LogP contribution < -0.4 is 10.5 Å². The Kier molecular flexibility index (Phi) is 5.80. The van der Waals surface area contributed by atoms with Crippen molar-refractivity contribution in [1.82, 2.24) is 9.88 Å². The Morgan fingerprint density at radius 1 is 1.40 bits per heavy atom. The molecule has 0 amide bonds. The highest BCUT2D eigenvalue weighted by Crippen LogP contribution is 2.34. The van der Waals surface area contributed by atoms with E-state index in [9.17, 15) is 0 Å². The summed E-state index contributed by atoms with van der Waals surface area (Å²) in [6.45, 7) is 5.29. The lowest BCUT2D eigenvalue weighted by molar-refractivity contribution is 0.158. The summed E-state index contributed by atoms with van der Waals surface area (Å²) in [5.41, 5.74) is 7.32. The molecular formula is C16H27N3O. The summed E-state index contributed by atoms with van der Waals surface area (Å²) in [5.74, 6) is 1.20. The number of hydrogen-bond acceptors (Lipinski definition) is 4. The van der Waals surface area contributed by atoms with Crippen LogP contribution in [-0.2, 0) is 0 Å². The lowest BCUT2D eigenvalue weighted by atomic mass is 9.90. The highest BCUT2D eigenvalue weighted by Gasteiger charge is 2.29. The molecule has 2 rings (SSSR count). The van der Waals surface area contributed by atoms with E-state index in [2.05, 4.69) is 22.9 Å². The second-order valence-corrected chi connectivity index (χ2v) is 5.61. The molecule has 1 fully saturated rings. The van der Waals surface area contributed by atoms with Crippen LogP contribution in [0.5, 0.6) is 5.88 Å². The zero-order valence-corrected chi connectivity index (χ0v) is 12.7. The number of pyridine rings is 1. The number of ether oxygens (including phenoxy) is 1. The molecule has 2 atom stereocenters. The Bertz CT molecular complexity index is 393. The Morgan fingerprint density at radius 3 is 2.85 bits per heavy atom. The number of aromatic nitrogens is 1. The number of hydrogen-bond donors (Lipinski definition) is 1. The number of nitrogens with two attached hydrogens (primary N) is 1. The van der Waals surface area contributed by atoms with Gasteiger partial charge >= 0.3 is 0 Å². The predicted octanol–water partition coefficient (Wildman–Crippen LogP) is 2.60. The van der Waals surface area contributed by atoms with Gasteiger partial charge in [0.05, 0.1) is 7.11 Å². The normalized spacial score (nSPS) is 24.4. The number of rotatable bonds is 5. The largest absolute Gasteiger partial charge is 0.481 e. The van der Waals surface area contributed by atoms with Gasteiger partial charge in [-0.25, -0.2) is 4.98 Å². The Morgan fingerprint density at radius 2 is 2.25 bits per heavy atom. The summed E-state index contributed by atoms with van der Waals surface area (Å²) in [6, 6.07) is 4.51. The van der Waals surface area contributed by atoms with E-state index in [-0.39, 0.29) is 0 Å². The molecule has 1 aromatic heterocycles. The summed E-state index contributed by atoms with van der Waals surface area (Å²) >= 11 is 0. The van der Waals surface area contributed by atoms with E-state index < -0.39 is 0 Å². The molecule has 0 spiro atoms. The van der Waals surface area contributed by atoms with Crippen molar-refractivity contribution in [3.8, 4) is 5.88 Å². The summed E-state index contributed by atoms with van der Waals surface area (Å²) in [5, 5.41) is 0. The molecular weight excluding hydrogens is 250 g/mol. The van der Waals surface area contributed by atoms with Gasteiger partial charge < -0.3 is 10.5 Å². The molecule has 0 bridgehead atoms. The maximum Gasteiger partial charge on any atom is 0.212 e. The standard InChI is InChI=1S/C16H27N3O/c1-3-9-19-10-5-4-6-13(11-17)16(19)14-7-8-15(20-2)18-12-14/h7-8,12-13,16H,3-6,9-11,17H2,1-2H3. The molecule has 0 radical (unpaired) electrons. The number of methoxy groups -OCH3 is 1. The average Bonchev–Trinajstić information content (AvgIpc) is 2.70. The summed E-state index contributed by atoms with van der Waals surface area (Å²) in [7, 11) is 1.65. The topological polar surface area (TPSA) is 51.4 Å². The zero-order valence-electron chi connectivity index (χ0n) is 12.7. The van der Waals surface area contributed by atoms with E-state index >= 15 is 0 Å². The van der Waals surface area contributed by atoms with Crippen molar-refractivity contribution in [3.63, 3.8) is 0 Å². The fourth-order valence-electron chi connectivity index (χ4n) is 3.27. The van der Waals surface area contributed by atoms with Gasteiger partial charge in [-0.3, -0.25) is 4.90 Å². The third-order valence-corrected chi connectivity index (χ3v) is 4.23. The van der Waals surface area contributed by atoms with E-state index in [1.54, 1.807) is 7.11 Å². The molecule has 20 heavy (non-hydrogen) atoms. The maximum absolute atomic E-state index is 6.04. The van der Waals surface area contributed by atoms with Gasteiger partial charge in [-0.05, 0) is 50.4 Å². The Balaban J connectivity index is 2.27. The maximum atomic E-state index is 6.04. The molecule has 0 aromatic carbocycles. The second-order valence-electron chi connectivity index (χ2n) is 5.61. The molecule has 2 N–H and O–H groups in total. The van der Waals surface area contributed by atoms with Crippen LogP contribution in [0.15, 0.2) is 18.3 Å². The predicted molar refractivity (Wildman–Crippen MR) is 81.8 cm³/mol. The van der Waals surface area contributed by atoms with Gasteiger partial charge in [0.2, 0.25) is 5.88 Å². The minimum Gasteiger partial charge on any atom is -0.481 e. The molecule has 112 valence electrons. The highest BCUT2D eigenvalue weighted by molar-refractivity contribution is 5.22. The quantitative estimate of drug-likeness (QED) is 0.899. The average molecular weight is 277 g/mol. The molecule has 0 aliphatic carbocycles. The van der Waals surface area contributed by atoms with Crippen LogP contribution in [0.2, 0.25) is 0 Å². The van der Waals surface area contributed by atoms with Crippen molar-refractivity contribution in [2.75, 3.05) is 26.7 Å². The van der Waals surface area contributed by atoms with Gasteiger partial charge in [0.15, 0.2) is 0 Å². The van der Waals surface area contributed by atoms with Crippen LogP contribution in [0, 0.1) is 5.92 Å². The summed E-state index contributed by atoms with van der Waals surface area (Å²) in [4.78, 5) is 6.97. The first-order valence-electron chi connectivity index (χ1n) is 7.74. The fraction of sp³-hybridized carbons (Fsp3) is 0.688. The lowest BCUT2D eigenvalue weighted by Gasteiger charge is -2.34. The van der Waals surface area contributed by atoms with Gasteiger partial charge in [-0.15, -0.1) is 0 Å². The lowest BCUT2D eigenvalue weighted by Crippen LogP contribution is -2.36. The van der Waals surface area contributed by atoms with E-state index in [1.165, 1.54) is 37.8 Å². The molecule has 1 aromatic rings. The van der Waals surface area contributed by atoms with Crippen LogP contribution in [0.4, 0.5) is 0 Å². The smallest absolute Gasteiger partial charge is 0.212 e. The van der Waals surface area contributed by atoms with E-state index in [4.69, 9.17) is 10.5 Å². The minimum absolute atomic E-state index is 0.404. The van der Waals surface area contributed by atoms with Gasteiger partial charge in [-0.1, -0.05) is 19.4 Å². The van der Waals surface area contributed by atoms with Crippen molar-refractivity contribution >= 4 is 0 Å². The SMILES string of the molecule is CCCN1CCCCC(CN)C1c1ccc(OC)nc1. The monoisotopic (exact) mass is 277 g/mol. The molecule has 1 saturated heterocycles. The first kappa shape index (κ1) is 15.3. The van der Waals surface area contributed by atoms with E-state index in [1.807, 2.05) is 12.3 Å². The molecule has 1 aliphatic heterocycles. The molecule has 1 aliphatic rings. The molecule has 2 unspecified atom stereocenters. The van der Waals surface area contributed by atoms with Gasteiger partial charge in [-0.2, -0.15) is 0 Å². The third-order valence-electron chi connectivity index (χ3n) is 4.23. The van der Waals surface area contributed by atoms with Crippen LogP contribution in [0.25, 0.3) is 0 Å². The van der Waals surface area contributed by atoms with E-state index in [0.29, 0.717) is 17.8 Å². The molecule has 4 heteroatoms. The summed E-state index contributed by atoms with van der Waals surface area (Å²) < 4.78 is 5.16. The highest BCUT2D eigenvalue weighted by atomic mass is 16.5. The molecule has 2 heterocycles. The van der Waals surface area contributed by atoms with Crippen LogP contribution >= 0.6 is 0 Å². The first-order chi connectivity index (χ1) is 9.80. The van der Waals surface area contributed by atoms with Gasteiger partial charge in [0.1, 0.15) is 0 Å². The van der Waals surface area contributed by atoms with Crippen molar-refractivity contribution in [2.24, 2.45) is 11.7 Å². The molecule has 4 nitrogen and oxygen atoms in total. The number of likely N-dealkylation sites (tertiary alicyclic amines) is 1. The van der Waals surface area contributed by atoms with E-state index in [0.717, 1.165) is 13.1 Å². The Hall–Kier alpha value is -1.13. The van der Waals surface area contributed by atoms with Crippen molar-refractivity contribution in [1.29, 1.82) is 0 Å². The van der Waals surface area contributed by atoms with Crippen molar-refractivity contribution in [3.05, 3.63) is 23.9 Å². The minimum atomic E-state index is 0.404. The van der Waals surface area contributed by atoms with Crippen LogP contribution in [0.1, 0.15) is 44.2 Å². The van der Waals surface area contributed by atoms with Gasteiger partial charge in [0.25, 0.3) is 0 Å². The third kappa shape index (κ3) is 3.49. The van der Waals surface area contributed by atoms with Crippen molar-refractivity contribution in [2.45, 2.75) is 38.6 Å². The van der Waals surface area contributed by atoms with Crippen molar-refractivity contribution < 1.29 is 4.74 Å². The number of nitrogens with zero attached hydrogens (tertiary/aromatic N) is 2. The van der Waals surface area contributed by atoms with Crippen LogP contribution in [0.3, 0.4) is 0 Å². The summed E-state index contributed by atoms with van der Waals surface area (Å²) in [6.07, 6.45) is 6.91. The van der Waals surface area contributed by atoms with Gasteiger partial charge in [0, 0.05) is 18.3 Å². The molecule has 0 saturated carbocycles. The Labute approximate surface area is 122 Å². The zero-order chi connectivity index (χ0) is 14.4. The second kappa shape index (κ2) is 7.60.